The molecule has 0 saturated carbocycles. The van der Waals surface area contributed by atoms with Crippen LogP contribution >= 0.6 is 11.6 Å². The summed E-state index contributed by atoms with van der Waals surface area (Å²) in [7, 11) is -3.50. The lowest BCUT2D eigenvalue weighted by Gasteiger charge is -2.08. The Morgan fingerprint density at radius 3 is 2.50 bits per heavy atom. The molecule has 0 aliphatic carbocycles. The number of hydrogen-bond donors (Lipinski definition) is 1. The summed E-state index contributed by atoms with van der Waals surface area (Å²) in [6.45, 7) is 1.70. The Morgan fingerprint density at radius 2 is 1.88 bits per heavy atom. The number of nitrogens with one attached hydrogen (secondary N) is 1. The minimum atomic E-state index is -3.50. The van der Waals surface area contributed by atoms with Crippen LogP contribution in [0.3, 0.4) is 0 Å². The SMILES string of the molecule is CC(=CC(=O)Nc1cc(S(C)(=O)=O)ccc1F)c1ccccc1Cl. The molecule has 2 rings (SSSR count). The fourth-order valence-electron chi connectivity index (χ4n) is 2.06. The number of rotatable bonds is 4. The Hall–Kier alpha value is -2.18. The molecule has 0 aliphatic rings. The van der Waals surface area contributed by atoms with E-state index in [2.05, 4.69) is 5.32 Å². The van der Waals surface area contributed by atoms with E-state index < -0.39 is 21.6 Å². The highest BCUT2D eigenvalue weighted by Gasteiger charge is 2.13. The Kier molecular flexibility index (Phi) is 5.41. The first-order valence-corrected chi connectivity index (χ1v) is 9.19. The van der Waals surface area contributed by atoms with Crippen molar-refractivity contribution in [1.29, 1.82) is 0 Å². The van der Waals surface area contributed by atoms with Gasteiger partial charge in [0.25, 0.3) is 0 Å². The van der Waals surface area contributed by atoms with Gasteiger partial charge in [0.15, 0.2) is 9.84 Å². The predicted octanol–water partition coefficient (Wildman–Crippen LogP) is 3.92. The molecule has 0 spiro atoms. The molecule has 126 valence electrons. The highest BCUT2D eigenvalue weighted by molar-refractivity contribution is 7.90. The van der Waals surface area contributed by atoms with Crippen molar-refractivity contribution < 1.29 is 17.6 Å². The van der Waals surface area contributed by atoms with Crippen molar-refractivity contribution in [3.63, 3.8) is 0 Å². The molecule has 2 aromatic carbocycles. The van der Waals surface area contributed by atoms with Gasteiger partial charge in [-0.1, -0.05) is 29.8 Å². The van der Waals surface area contributed by atoms with Crippen LogP contribution < -0.4 is 5.32 Å². The minimum Gasteiger partial charge on any atom is -0.320 e. The summed E-state index contributed by atoms with van der Waals surface area (Å²) in [5, 5.41) is 2.84. The quantitative estimate of drug-likeness (QED) is 0.658. The molecule has 24 heavy (non-hydrogen) atoms. The summed E-state index contributed by atoms with van der Waals surface area (Å²) in [6, 6.07) is 10.2. The van der Waals surface area contributed by atoms with Gasteiger partial charge < -0.3 is 5.32 Å². The van der Waals surface area contributed by atoms with Crippen LogP contribution in [0.5, 0.6) is 0 Å². The predicted molar refractivity (Wildman–Crippen MR) is 93.2 cm³/mol. The summed E-state index contributed by atoms with van der Waals surface area (Å²) in [6.07, 6.45) is 2.28. The average Bonchev–Trinajstić information content (AvgIpc) is 2.48. The highest BCUT2D eigenvalue weighted by Crippen LogP contribution is 2.24. The molecule has 2 aromatic rings. The van der Waals surface area contributed by atoms with Crippen molar-refractivity contribution in [2.24, 2.45) is 0 Å². The molecule has 0 heterocycles. The molecular formula is C17H15ClFNO3S. The van der Waals surface area contributed by atoms with Crippen LogP contribution in [0, 0.1) is 5.82 Å². The van der Waals surface area contributed by atoms with E-state index in [1.54, 1.807) is 31.2 Å². The van der Waals surface area contributed by atoms with Gasteiger partial charge in [-0.15, -0.1) is 0 Å². The van der Waals surface area contributed by atoms with Crippen molar-refractivity contribution in [1.82, 2.24) is 0 Å². The number of carbonyl (C=O) groups excluding carboxylic acids is 1. The van der Waals surface area contributed by atoms with Gasteiger partial charge >= 0.3 is 0 Å². The van der Waals surface area contributed by atoms with Gasteiger partial charge in [-0.25, -0.2) is 12.8 Å². The molecule has 1 N–H and O–H groups in total. The monoisotopic (exact) mass is 367 g/mol. The molecule has 0 saturated heterocycles. The first-order valence-electron chi connectivity index (χ1n) is 6.92. The largest absolute Gasteiger partial charge is 0.320 e. The number of allylic oxidation sites excluding steroid dienone is 1. The van der Waals surface area contributed by atoms with Crippen LogP contribution in [0.2, 0.25) is 5.02 Å². The van der Waals surface area contributed by atoms with Gasteiger partial charge in [-0.2, -0.15) is 0 Å². The molecule has 4 nitrogen and oxygen atoms in total. The highest BCUT2D eigenvalue weighted by atomic mass is 35.5. The zero-order valence-corrected chi connectivity index (χ0v) is 14.6. The lowest BCUT2D eigenvalue weighted by atomic mass is 10.1. The molecule has 0 radical (unpaired) electrons. The number of amides is 1. The molecule has 0 bridgehead atoms. The van der Waals surface area contributed by atoms with E-state index in [0.717, 1.165) is 24.5 Å². The summed E-state index contributed by atoms with van der Waals surface area (Å²) in [4.78, 5) is 12.0. The number of halogens is 2. The van der Waals surface area contributed by atoms with Crippen LogP contribution in [-0.4, -0.2) is 20.6 Å². The molecule has 1 amide bonds. The van der Waals surface area contributed by atoms with Gasteiger partial charge in [-0.05, 0) is 42.3 Å². The zero-order valence-electron chi connectivity index (χ0n) is 13.0. The zero-order chi connectivity index (χ0) is 17.9. The summed E-state index contributed by atoms with van der Waals surface area (Å²) >= 11 is 6.06. The fraction of sp³-hybridized carbons (Fsp3) is 0.118. The van der Waals surface area contributed by atoms with Crippen molar-refractivity contribution >= 4 is 38.6 Å². The summed E-state index contributed by atoms with van der Waals surface area (Å²) in [5.41, 5.74) is 1.07. The van der Waals surface area contributed by atoms with E-state index in [1.807, 2.05) is 0 Å². The molecule has 0 unspecified atom stereocenters. The molecule has 0 aromatic heterocycles. The van der Waals surface area contributed by atoms with E-state index in [4.69, 9.17) is 11.6 Å². The second kappa shape index (κ2) is 7.15. The number of anilines is 1. The number of benzene rings is 2. The van der Waals surface area contributed by atoms with Gasteiger partial charge in [0.1, 0.15) is 5.82 Å². The van der Waals surface area contributed by atoms with Gasteiger partial charge in [0.05, 0.1) is 10.6 Å². The Labute approximate surface area is 144 Å². The van der Waals surface area contributed by atoms with Gasteiger partial charge in [0.2, 0.25) is 5.91 Å². The molecular weight excluding hydrogens is 353 g/mol. The van der Waals surface area contributed by atoms with Crippen LogP contribution in [-0.2, 0) is 14.6 Å². The molecule has 0 atom stereocenters. The third-order valence-electron chi connectivity index (χ3n) is 3.27. The Morgan fingerprint density at radius 1 is 1.21 bits per heavy atom. The van der Waals surface area contributed by atoms with E-state index >= 15 is 0 Å². The van der Waals surface area contributed by atoms with Crippen molar-refractivity contribution in [2.75, 3.05) is 11.6 Å². The lowest BCUT2D eigenvalue weighted by molar-refractivity contribution is -0.111. The third kappa shape index (κ3) is 4.43. The standard InChI is InChI=1S/C17H15ClFNO3S/c1-11(13-5-3-4-6-14(13)18)9-17(21)20-16-10-12(24(2,22)23)7-8-15(16)19/h3-10H,1-2H3,(H,20,21). The van der Waals surface area contributed by atoms with Crippen molar-refractivity contribution in [3.8, 4) is 0 Å². The summed E-state index contributed by atoms with van der Waals surface area (Å²) in [5.74, 6) is -1.31. The van der Waals surface area contributed by atoms with Crippen LogP contribution in [0.1, 0.15) is 12.5 Å². The number of hydrogen-bond acceptors (Lipinski definition) is 3. The first kappa shape index (κ1) is 18.2. The number of carbonyl (C=O) groups is 1. The normalized spacial score (nSPS) is 12.1. The summed E-state index contributed by atoms with van der Waals surface area (Å²) < 4.78 is 36.8. The van der Waals surface area contributed by atoms with Crippen molar-refractivity contribution in [2.45, 2.75) is 11.8 Å². The number of sulfone groups is 1. The smallest absolute Gasteiger partial charge is 0.248 e. The third-order valence-corrected chi connectivity index (χ3v) is 4.71. The van der Waals surface area contributed by atoms with E-state index in [0.29, 0.717) is 16.2 Å². The first-order chi connectivity index (χ1) is 11.2. The molecule has 7 heteroatoms. The Balaban J connectivity index is 2.27. The average molecular weight is 368 g/mol. The molecule has 0 aliphatic heterocycles. The lowest BCUT2D eigenvalue weighted by Crippen LogP contribution is -2.11. The van der Waals surface area contributed by atoms with E-state index in [-0.39, 0.29) is 10.6 Å². The molecule has 0 fully saturated rings. The topological polar surface area (TPSA) is 63.2 Å². The van der Waals surface area contributed by atoms with E-state index in [1.165, 1.54) is 6.08 Å². The van der Waals surface area contributed by atoms with Crippen LogP contribution in [0.25, 0.3) is 5.57 Å². The Bertz CT molecular complexity index is 923. The maximum Gasteiger partial charge on any atom is 0.248 e. The van der Waals surface area contributed by atoms with Gasteiger partial charge in [-0.3, -0.25) is 4.79 Å². The van der Waals surface area contributed by atoms with Crippen LogP contribution in [0.4, 0.5) is 10.1 Å². The van der Waals surface area contributed by atoms with Gasteiger partial charge in [0, 0.05) is 17.4 Å². The second-order valence-electron chi connectivity index (χ2n) is 5.21. The maximum absolute atomic E-state index is 13.8. The van der Waals surface area contributed by atoms with Crippen molar-refractivity contribution in [3.05, 3.63) is 64.9 Å². The van der Waals surface area contributed by atoms with Crippen LogP contribution in [0.15, 0.2) is 53.4 Å². The minimum absolute atomic E-state index is 0.0778. The maximum atomic E-state index is 13.8. The fourth-order valence-corrected chi connectivity index (χ4v) is 2.99. The second-order valence-corrected chi connectivity index (χ2v) is 7.63. The van der Waals surface area contributed by atoms with E-state index in [9.17, 15) is 17.6 Å².